The van der Waals surface area contributed by atoms with Crippen molar-refractivity contribution < 1.29 is 8.78 Å². The lowest BCUT2D eigenvalue weighted by Gasteiger charge is -2.30. The number of hydrogen-bond acceptors (Lipinski definition) is 2. The number of nitrogens with zero attached hydrogens (tertiary/aromatic N) is 1. The Morgan fingerprint density at radius 3 is 2.67 bits per heavy atom. The topological polar surface area (TPSA) is 29.3 Å². The lowest BCUT2D eigenvalue weighted by Crippen LogP contribution is -2.38. The average molecular weight is 294 g/mol. The zero-order valence-corrected chi connectivity index (χ0v) is 12.8. The van der Waals surface area contributed by atoms with Crippen LogP contribution < -0.4 is 5.73 Å². The normalized spacial score (nSPS) is 31.2. The third-order valence-corrected chi connectivity index (χ3v) is 5.46. The summed E-state index contributed by atoms with van der Waals surface area (Å²) >= 11 is 0. The summed E-state index contributed by atoms with van der Waals surface area (Å²) in [5.41, 5.74) is 7.06. The summed E-state index contributed by atoms with van der Waals surface area (Å²) in [7, 11) is 0. The van der Waals surface area contributed by atoms with Crippen molar-refractivity contribution in [3.8, 4) is 0 Å². The highest BCUT2D eigenvalue weighted by molar-refractivity contribution is 5.27. The van der Waals surface area contributed by atoms with Crippen molar-refractivity contribution >= 4 is 0 Å². The highest BCUT2D eigenvalue weighted by atomic mass is 19.1. The van der Waals surface area contributed by atoms with E-state index in [0.29, 0.717) is 23.0 Å². The molecule has 2 N–H and O–H groups in total. The molecular formula is C17H24F2N2. The summed E-state index contributed by atoms with van der Waals surface area (Å²) in [6.07, 6.45) is 3.50. The first kappa shape index (κ1) is 14.9. The second-order valence-corrected chi connectivity index (χ2v) is 6.77. The largest absolute Gasteiger partial charge is 0.327 e. The van der Waals surface area contributed by atoms with Gasteiger partial charge < -0.3 is 5.73 Å². The van der Waals surface area contributed by atoms with Gasteiger partial charge in [0.2, 0.25) is 0 Å². The summed E-state index contributed by atoms with van der Waals surface area (Å²) in [5.74, 6) is 0.501. The molecule has 0 radical (unpaired) electrons. The predicted molar refractivity (Wildman–Crippen MR) is 79.9 cm³/mol. The van der Waals surface area contributed by atoms with Crippen LogP contribution in [0.15, 0.2) is 12.1 Å². The van der Waals surface area contributed by atoms with E-state index in [1.165, 1.54) is 25.0 Å². The standard InChI is InChI=1S/C17H24F2N2/c1-10-6-16(19)13(7-15(10)18)11(2)21-8-12-4-3-5-17(20)14(12)9-21/h6-7,11-12,14,17H,3-5,8-9,20H2,1-2H3. The fraction of sp³-hybridized carbons (Fsp3) is 0.647. The van der Waals surface area contributed by atoms with Gasteiger partial charge in [-0.1, -0.05) is 6.42 Å². The molecule has 1 heterocycles. The van der Waals surface area contributed by atoms with Crippen LogP contribution in [0.3, 0.4) is 0 Å². The monoisotopic (exact) mass is 294 g/mol. The van der Waals surface area contributed by atoms with Crippen LogP contribution in [0.1, 0.15) is 43.4 Å². The molecule has 4 heteroatoms. The number of likely N-dealkylation sites (tertiary alicyclic amines) is 1. The molecule has 4 atom stereocenters. The van der Waals surface area contributed by atoms with Crippen LogP contribution in [-0.4, -0.2) is 24.0 Å². The molecule has 1 saturated heterocycles. The third kappa shape index (κ3) is 2.71. The fourth-order valence-corrected chi connectivity index (χ4v) is 4.05. The Labute approximate surface area is 125 Å². The van der Waals surface area contributed by atoms with Crippen LogP contribution in [0.4, 0.5) is 8.78 Å². The van der Waals surface area contributed by atoms with Gasteiger partial charge in [0.25, 0.3) is 0 Å². The molecule has 2 nitrogen and oxygen atoms in total. The molecule has 0 aromatic heterocycles. The predicted octanol–water partition coefficient (Wildman–Crippen LogP) is 3.39. The molecule has 1 aliphatic carbocycles. The third-order valence-electron chi connectivity index (χ3n) is 5.46. The van der Waals surface area contributed by atoms with Gasteiger partial charge in [-0.15, -0.1) is 0 Å². The number of fused-ring (bicyclic) bond motifs is 1. The minimum absolute atomic E-state index is 0.0992. The summed E-state index contributed by atoms with van der Waals surface area (Å²) < 4.78 is 27.9. The maximum atomic E-state index is 14.2. The number of halogens is 2. The minimum atomic E-state index is -0.327. The van der Waals surface area contributed by atoms with Gasteiger partial charge in [-0.2, -0.15) is 0 Å². The van der Waals surface area contributed by atoms with Crippen LogP contribution in [0.5, 0.6) is 0 Å². The Balaban J connectivity index is 1.80. The SMILES string of the molecule is Cc1cc(F)c(C(C)N2CC3CCCC(N)C3C2)cc1F. The van der Waals surface area contributed by atoms with E-state index in [-0.39, 0.29) is 23.7 Å². The Morgan fingerprint density at radius 2 is 1.95 bits per heavy atom. The van der Waals surface area contributed by atoms with Crippen LogP contribution in [0.2, 0.25) is 0 Å². The highest BCUT2D eigenvalue weighted by Gasteiger charge is 2.40. The Kier molecular flexibility index (Phi) is 4.02. The summed E-state index contributed by atoms with van der Waals surface area (Å²) in [6.45, 7) is 5.42. The lowest BCUT2D eigenvalue weighted by molar-refractivity contribution is 0.240. The molecule has 0 amide bonds. The van der Waals surface area contributed by atoms with E-state index in [2.05, 4.69) is 4.90 Å². The molecule has 2 aliphatic rings. The van der Waals surface area contributed by atoms with Crippen LogP contribution in [0.25, 0.3) is 0 Å². The molecule has 4 unspecified atom stereocenters. The van der Waals surface area contributed by atoms with E-state index in [0.717, 1.165) is 19.5 Å². The maximum Gasteiger partial charge on any atom is 0.128 e. The number of benzene rings is 1. The second-order valence-electron chi connectivity index (χ2n) is 6.77. The van der Waals surface area contributed by atoms with Crippen LogP contribution in [-0.2, 0) is 0 Å². The average Bonchev–Trinajstić information content (AvgIpc) is 2.87. The lowest BCUT2D eigenvalue weighted by atomic mass is 9.78. The summed E-state index contributed by atoms with van der Waals surface area (Å²) in [4.78, 5) is 2.27. The van der Waals surface area contributed by atoms with Crippen molar-refractivity contribution in [2.45, 2.75) is 45.2 Å². The smallest absolute Gasteiger partial charge is 0.128 e. The zero-order valence-electron chi connectivity index (χ0n) is 12.8. The summed E-state index contributed by atoms with van der Waals surface area (Å²) in [5, 5.41) is 0. The van der Waals surface area contributed by atoms with Crippen LogP contribution >= 0.6 is 0 Å². The highest BCUT2D eigenvalue weighted by Crippen LogP contribution is 2.39. The first-order valence-corrected chi connectivity index (χ1v) is 7.92. The van der Waals surface area contributed by atoms with Crippen LogP contribution in [0, 0.1) is 30.4 Å². The molecule has 1 aliphatic heterocycles. The van der Waals surface area contributed by atoms with Gasteiger partial charge in [0.1, 0.15) is 11.6 Å². The second kappa shape index (κ2) is 5.65. The first-order chi connectivity index (χ1) is 9.97. The minimum Gasteiger partial charge on any atom is -0.327 e. The number of aryl methyl sites for hydroxylation is 1. The zero-order chi connectivity index (χ0) is 15.1. The van der Waals surface area contributed by atoms with Gasteiger partial charge in [-0.3, -0.25) is 4.90 Å². The van der Waals surface area contributed by atoms with Gasteiger partial charge in [0.05, 0.1) is 0 Å². The van der Waals surface area contributed by atoms with Gasteiger partial charge in [0.15, 0.2) is 0 Å². The Bertz CT molecular complexity index is 532. The first-order valence-electron chi connectivity index (χ1n) is 7.92. The van der Waals surface area contributed by atoms with E-state index in [1.807, 2.05) is 6.92 Å². The summed E-state index contributed by atoms with van der Waals surface area (Å²) in [6, 6.07) is 2.83. The molecule has 1 aromatic rings. The van der Waals surface area contributed by atoms with Crippen molar-refractivity contribution in [3.63, 3.8) is 0 Å². The van der Waals surface area contributed by atoms with E-state index in [9.17, 15) is 8.78 Å². The molecular weight excluding hydrogens is 270 g/mol. The van der Waals surface area contributed by atoms with Crippen molar-refractivity contribution in [1.82, 2.24) is 4.90 Å². The van der Waals surface area contributed by atoms with Gasteiger partial charge in [-0.05, 0) is 56.2 Å². The molecule has 116 valence electrons. The number of rotatable bonds is 2. The van der Waals surface area contributed by atoms with E-state index >= 15 is 0 Å². The Morgan fingerprint density at radius 1 is 1.19 bits per heavy atom. The van der Waals surface area contributed by atoms with Gasteiger partial charge in [-0.25, -0.2) is 8.78 Å². The molecule has 1 saturated carbocycles. The van der Waals surface area contributed by atoms with Gasteiger partial charge >= 0.3 is 0 Å². The van der Waals surface area contributed by atoms with Crippen molar-refractivity contribution in [3.05, 3.63) is 34.9 Å². The molecule has 21 heavy (non-hydrogen) atoms. The maximum absolute atomic E-state index is 14.2. The quantitative estimate of drug-likeness (QED) is 0.906. The molecule has 0 bridgehead atoms. The van der Waals surface area contributed by atoms with Gasteiger partial charge in [0, 0.05) is 30.7 Å². The van der Waals surface area contributed by atoms with E-state index in [1.54, 1.807) is 6.92 Å². The molecule has 3 rings (SSSR count). The number of nitrogens with two attached hydrogens (primary N) is 1. The van der Waals surface area contributed by atoms with Crippen molar-refractivity contribution in [2.24, 2.45) is 17.6 Å². The van der Waals surface area contributed by atoms with E-state index in [4.69, 9.17) is 5.73 Å². The van der Waals surface area contributed by atoms with Crippen molar-refractivity contribution in [2.75, 3.05) is 13.1 Å². The van der Waals surface area contributed by atoms with Crippen molar-refractivity contribution in [1.29, 1.82) is 0 Å². The molecule has 2 fully saturated rings. The molecule has 0 spiro atoms. The molecule has 1 aromatic carbocycles. The van der Waals surface area contributed by atoms with E-state index < -0.39 is 0 Å². The fourth-order valence-electron chi connectivity index (χ4n) is 4.05. The Hall–Kier alpha value is -1.00. The number of hydrogen-bond donors (Lipinski definition) is 1.